The molecule has 2 heterocycles. The van der Waals surface area contributed by atoms with E-state index in [0.717, 1.165) is 13.1 Å². The van der Waals surface area contributed by atoms with Crippen LogP contribution in [0.2, 0.25) is 0 Å². The Kier molecular flexibility index (Phi) is 4.75. The average molecular weight is 274 g/mol. The van der Waals surface area contributed by atoms with E-state index in [1.54, 1.807) is 0 Å². The smallest absolute Gasteiger partial charge is 0.236 e. The second-order valence-corrected chi connectivity index (χ2v) is 6.88. The number of nitrogens with zero attached hydrogens (tertiary/aromatic N) is 2. The summed E-state index contributed by atoms with van der Waals surface area (Å²) >= 11 is 0. The molecule has 18 heavy (non-hydrogen) atoms. The third-order valence-electron chi connectivity index (χ3n) is 3.40. The van der Waals surface area contributed by atoms with Crippen LogP contribution in [0.5, 0.6) is 0 Å². The molecule has 5 nitrogen and oxygen atoms in total. The third kappa shape index (κ3) is 3.76. The number of carbonyl (C=O) groups excluding carboxylic acids is 1. The summed E-state index contributed by atoms with van der Waals surface area (Å²) in [4.78, 5) is 16.2. The zero-order valence-electron chi connectivity index (χ0n) is 11.1. The first-order valence-electron chi connectivity index (χ1n) is 6.55. The normalized spacial score (nSPS) is 31.6. The van der Waals surface area contributed by atoms with E-state index in [0.29, 0.717) is 31.1 Å². The summed E-state index contributed by atoms with van der Waals surface area (Å²) in [5.74, 6) is 1.57. The van der Waals surface area contributed by atoms with Gasteiger partial charge < -0.3 is 9.64 Å². The summed E-state index contributed by atoms with van der Waals surface area (Å²) in [5.41, 5.74) is 0. The van der Waals surface area contributed by atoms with Crippen LogP contribution in [0.4, 0.5) is 0 Å². The fourth-order valence-corrected chi connectivity index (χ4v) is 3.63. The van der Waals surface area contributed by atoms with Crippen molar-refractivity contribution in [2.75, 3.05) is 44.2 Å². The third-order valence-corrected chi connectivity index (χ3v) is 4.68. The number of amides is 1. The fraction of sp³-hybridized carbons (Fsp3) is 0.917. The van der Waals surface area contributed by atoms with Gasteiger partial charge in [-0.15, -0.1) is 0 Å². The molecule has 2 rings (SSSR count). The zero-order valence-corrected chi connectivity index (χ0v) is 11.9. The largest absolute Gasteiger partial charge is 0.372 e. The van der Waals surface area contributed by atoms with Gasteiger partial charge in [-0.2, -0.15) is 0 Å². The number of hydrogen-bond donors (Lipinski definition) is 0. The molecule has 2 aliphatic rings. The lowest BCUT2D eigenvalue weighted by atomic mass is 10.2. The van der Waals surface area contributed by atoms with Gasteiger partial charge in [0.2, 0.25) is 5.91 Å². The van der Waals surface area contributed by atoms with E-state index in [2.05, 4.69) is 4.90 Å². The van der Waals surface area contributed by atoms with Crippen molar-refractivity contribution >= 4 is 16.7 Å². The van der Waals surface area contributed by atoms with Gasteiger partial charge in [-0.05, 0) is 13.8 Å². The van der Waals surface area contributed by atoms with Crippen LogP contribution in [0.15, 0.2) is 0 Å². The molecular formula is C12H22N2O3S. The topological polar surface area (TPSA) is 49.9 Å². The monoisotopic (exact) mass is 274 g/mol. The molecule has 2 aliphatic heterocycles. The molecule has 0 spiro atoms. The highest BCUT2D eigenvalue weighted by Crippen LogP contribution is 2.11. The number of hydrogen-bond acceptors (Lipinski definition) is 4. The summed E-state index contributed by atoms with van der Waals surface area (Å²) < 4.78 is 16.9. The van der Waals surface area contributed by atoms with Crippen molar-refractivity contribution in [3.63, 3.8) is 0 Å². The quantitative estimate of drug-likeness (QED) is 0.693. The lowest BCUT2D eigenvalue weighted by molar-refractivity contribution is -0.144. The lowest BCUT2D eigenvalue weighted by Gasteiger charge is -2.36. The van der Waals surface area contributed by atoms with E-state index in [1.807, 2.05) is 18.7 Å². The number of morpholine rings is 1. The van der Waals surface area contributed by atoms with Crippen molar-refractivity contribution in [2.45, 2.75) is 26.1 Å². The summed E-state index contributed by atoms with van der Waals surface area (Å²) in [6, 6.07) is 0. The predicted molar refractivity (Wildman–Crippen MR) is 70.9 cm³/mol. The van der Waals surface area contributed by atoms with Crippen LogP contribution in [-0.4, -0.2) is 76.4 Å². The van der Waals surface area contributed by atoms with Crippen LogP contribution in [0.3, 0.4) is 0 Å². The van der Waals surface area contributed by atoms with E-state index in [1.165, 1.54) is 0 Å². The first-order chi connectivity index (χ1) is 8.54. The van der Waals surface area contributed by atoms with Gasteiger partial charge >= 0.3 is 0 Å². The van der Waals surface area contributed by atoms with Crippen molar-refractivity contribution in [3.05, 3.63) is 0 Å². The Morgan fingerprint density at radius 3 is 2.33 bits per heavy atom. The first kappa shape index (κ1) is 14.0. The highest BCUT2D eigenvalue weighted by Gasteiger charge is 2.27. The molecule has 104 valence electrons. The fourth-order valence-electron chi connectivity index (χ4n) is 2.51. The van der Waals surface area contributed by atoms with E-state index in [-0.39, 0.29) is 18.1 Å². The Morgan fingerprint density at radius 1 is 1.22 bits per heavy atom. The molecule has 1 amide bonds. The Morgan fingerprint density at radius 2 is 1.78 bits per heavy atom. The zero-order chi connectivity index (χ0) is 13.1. The SMILES string of the molecule is CC1CN(C(=O)CN2CCS(=O)CC2)CC(C)O1. The summed E-state index contributed by atoms with van der Waals surface area (Å²) in [6.45, 7) is 7.37. The Balaban J connectivity index is 1.82. The molecule has 6 heteroatoms. The predicted octanol–water partition coefficient (Wildman–Crippen LogP) is -0.313. The molecule has 0 saturated carbocycles. The van der Waals surface area contributed by atoms with Crippen LogP contribution >= 0.6 is 0 Å². The molecule has 0 aliphatic carbocycles. The van der Waals surface area contributed by atoms with Crippen molar-refractivity contribution < 1.29 is 13.7 Å². The maximum atomic E-state index is 12.2. The molecular weight excluding hydrogens is 252 g/mol. The van der Waals surface area contributed by atoms with Crippen LogP contribution in [0.1, 0.15) is 13.8 Å². The van der Waals surface area contributed by atoms with Gasteiger partial charge in [0.25, 0.3) is 0 Å². The molecule has 0 aromatic heterocycles. The second-order valence-electron chi connectivity index (χ2n) is 5.18. The highest BCUT2D eigenvalue weighted by atomic mass is 32.2. The second kappa shape index (κ2) is 6.12. The summed E-state index contributed by atoms with van der Waals surface area (Å²) in [5, 5.41) is 0. The van der Waals surface area contributed by atoms with Crippen molar-refractivity contribution in [1.29, 1.82) is 0 Å². The van der Waals surface area contributed by atoms with Crippen molar-refractivity contribution in [3.8, 4) is 0 Å². The molecule has 0 radical (unpaired) electrons. The van der Waals surface area contributed by atoms with Crippen LogP contribution in [-0.2, 0) is 20.3 Å². The molecule has 0 aromatic rings. The summed E-state index contributed by atoms with van der Waals surface area (Å²) in [7, 11) is -0.678. The van der Waals surface area contributed by atoms with E-state index in [9.17, 15) is 9.00 Å². The van der Waals surface area contributed by atoms with Gasteiger partial charge in [0.15, 0.2) is 0 Å². The lowest BCUT2D eigenvalue weighted by Crippen LogP contribution is -2.52. The number of ether oxygens (including phenoxy) is 1. The van der Waals surface area contributed by atoms with Crippen LogP contribution < -0.4 is 0 Å². The first-order valence-corrected chi connectivity index (χ1v) is 8.04. The molecule has 2 fully saturated rings. The minimum absolute atomic E-state index is 0.117. The van der Waals surface area contributed by atoms with Gasteiger partial charge in [0.1, 0.15) is 0 Å². The van der Waals surface area contributed by atoms with Crippen molar-refractivity contribution in [2.24, 2.45) is 0 Å². The molecule has 0 N–H and O–H groups in total. The molecule has 2 atom stereocenters. The standard InChI is InChI=1S/C12H22N2O3S/c1-10-7-14(8-11(2)17-10)12(15)9-13-3-5-18(16)6-4-13/h10-11H,3-9H2,1-2H3. The van der Waals surface area contributed by atoms with Gasteiger partial charge in [-0.3, -0.25) is 13.9 Å². The van der Waals surface area contributed by atoms with Gasteiger partial charge in [-0.25, -0.2) is 0 Å². The Bertz CT molecular complexity index is 317. The van der Waals surface area contributed by atoms with E-state index >= 15 is 0 Å². The van der Waals surface area contributed by atoms with Crippen molar-refractivity contribution in [1.82, 2.24) is 9.80 Å². The molecule has 0 aromatic carbocycles. The Labute approximate surface area is 111 Å². The summed E-state index contributed by atoms with van der Waals surface area (Å²) in [6.07, 6.45) is 0.234. The van der Waals surface area contributed by atoms with E-state index < -0.39 is 10.8 Å². The van der Waals surface area contributed by atoms with Gasteiger partial charge in [-0.1, -0.05) is 0 Å². The maximum absolute atomic E-state index is 12.2. The average Bonchev–Trinajstić information content (AvgIpc) is 2.31. The number of carbonyl (C=O) groups is 1. The van der Waals surface area contributed by atoms with Gasteiger partial charge in [0.05, 0.1) is 18.8 Å². The minimum atomic E-state index is -0.678. The Hall–Kier alpha value is -0.460. The molecule has 2 unspecified atom stereocenters. The molecule has 0 bridgehead atoms. The van der Waals surface area contributed by atoms with Gasteiger partial charge in [0, 0.05) is 48.5 Å². The minimum Gasteiger partial charge on any atom is -0.372 e. The molecule has 2 saturated heterocycles. The number of rotatable bonds is 2. The van der Waals surface area contributed by atoms with Crippen LogP contribution in [0, 0.1) is 0 Å². The maximum Gasteiger partial charge on any atom is 0.236 e. The van der Waals surface area contributed by atoms with E-state index in [4.69, 9.17) is 4.74 Å². The highest BCUT2D eigenvalue weighted by molar-refractivity contribution is 7.85. The van der Waals surface area contributed by atoms with Crippen LogP contribution in [0.25, 0.3) is 0 Å².